The zero-order valence-electron chi connectivity index (χ0n) is 16.1. The summed E-state index contributed by atoms with van der Waals surface area (Å²) >= 11 is 1.36. The van der Waals surface area contributed by atoms with Gasteiger partial charge in [0.15, 0.2) is 0 Å². The Hall–Kier alpha value is -3.14. The van der Waals surface area contributed by atoms with Crippen LogP contribution in [0.2, 0.25) is 0 Å². The maximum atomic E-state index is 13.0. The second-order valence-electron chi connectivity index (χ2n) is 6.38. The average Bonchev–Trinajstić information content (AvgIpc) is 2.76. The Kier molecular flexibility index (Phi) is 7.45. The molecular formula is C21H18F4N4OS. The van der Waals surface area contributed by atoms with E-state index in [0.717, 1.165) is 17.8 Å². The fraction of sp³-hybridized carbons (Fsp3) is 0.190. The molecule has 162 valence electrons. The number of nitrogens with zero attached hydrogens (tertiary/aromatic N) is 2. The summed E-state index contributed by atoms with van der Waals surface area (Å²) in [5.41, 5.74) is 0.479. The summed E-state index contributed by atoms with van der Waals surface area (Å²) < 4.78 is 50.7. The van der Waals surface area contributed by atoms with Crippen LogP contribution in [0.25, 0.3) is 0 Å². The number of benzene rings is 1. The maximum Gasteiger partial charge on any atom is 0.417 e. The van der Waals surface area contributed by atoms with E-state index >= 15 is 0 Å². The molecule has 0 radical (unpaired) electrons. The lowest BCUT2D eigenvalue weighted by molar-refractivity contribution is -0.137. The highest BCUT2D eigenvalue weighted by molar-refractivity contribution is 7.98. The van der Waals surface area contributed by atoms with Crippen LogP contribution in [0.3, 0.4) is 0 Å². The Morgan fingerprint density at radius 2 is 1.77 bits per heavy atom. The number of alkyl halides is 3. The highest BCUT2D eigenvalue weighted by Gasteiger charge is 2.30. The van der Waals surface area contributed by atoms with Gasteiger partial charge in [0.25, 0.3) is 5.91 Å². The quantitative estimate of drug-likeness (QED) is 0.294. The summed E-state index contributed by atoms with van der Waals surface area (Å²) in [5.74, 6) is 0.168. The maximum absolute atomic E-state index is 13.0. The molecule has 3 rings (SSSR count). The Morgan fingerprint density at radius 3 is 2.45 bits per heavy atom. The van der Waals surface area contributed by atoms with Gasteiger partial charge in [-0.05, 0) is 42.0 Å². The van der Waals surface area contributed by atoms with E-state index in [1.54, 1.807) is 30.5 Å². The van der Waals surface area contributed by atoms with Crippen LogP contribution in [0.15, 0.2) is 66.0 Å². The van der Waals surface area contributed by atoms with Gasteiger partial charge in [-0.25, -0.2) is 14.4 Å². The molecule has 2 N–H and O–H groups in total. The molecule has 5 nitrogen and oxygen atoms in total. The second-order valence-corrected chi connectivity index (χ2v) is 7.35. The van der Waals surface area contributed by atoms with Crippen molar-refractivity contribution in [1.82, 2.24) is 15.3 Å². The molecule has 0 fully saturated rings. The smallest absolute Gasteiger partial charge is 0.368 e. The summed E-state index contributed by atoms with van der Waals surface area (Å²) in [7, 11) is 0. The number of nitrogens with one attached hydrogen (secondary N) is 2. The molecule has 0 saturated carbocycles. The fourth-order valence-electron chi connectivity index (χ4n) is 2.54. The predicted octanol–water partition coefficient (Wildman–Crippen LogP) is 4.77. The molecule has 2 heterocycles. The summed E-state index contributed by atoms with van der Waals surface area (Å²) in [4.78, 5) is 20.5. The molecule has 31 heavy (non-hydrogen) atoms. The van der Waals surface area contributed by atoms with E-state index in [0.29, 0.717) is 16.3 Å². The summed E-state index contributed by atoms with van der Waals surface area (Å²) in [6.07, 6.45) is -2.10. The number of rotatable bonds is 8. The molecule has 1 aromatic carbocycles. The first-order chi connectivity index (χ1) is 14.8. The van der Waals surface area contributed by atoms with Crippen LogP contribution in [0.5, 0.6) is 0 Å². The zero-order valence-corrected chi connectivity index (χ0v) is 16.9. The van der Waals surface area contributed by atoms with E-state index in [9.17, 15) is 22.4 Å². The molecule has 0 unspecified atom stereocenters. The Labute approximate surface area is 180 Å². The minimum atomic E-state index is -4.43. The molecule has 0 spiro atoms. The second kappa shape index (κ2) is 10.3. The normalized spacial score (nSPS) is 11.2. The van der Waals surface area contributed by atoms with Gasteiger partial charge in [0.05, 0.1) is 11.1 Å². The molecule has 2 aromatic heterocycles. The van der Waals surface area contributed by atoms with Gasteiger partial charge in [0.2, 0.25) is 0 Å². The van der Waals surface area contributed by atoms with Crippen LogP contribution in [0.4, 0.5) is 23.4 Å². The molecule has 0 aliphatic carbocycles. The van der Waals surface area contributed by atoms with E-state index < -0.39 is 11.7 Å². The van der Waals surface area contributed by atoms with Gasteiger partial charge < -0.3 is 10.6 Å². The molecule has 10 heteroatoms. The standard InChI is InChI=1S/C21H18F4N4OS/c22-16-6-3-14(4-7-16)13-31-20-17(2-1-9-28-20)19(30)27-11-10-26-18-8-5-15(12-29-18)21(23,24)25/h1-9,12H,10-11,13H2,(H,26,29)(H,27,30). The van der Waals surface area contributed by atoms with Gasteiger partial charge in [0, 0.05) is 31.2 Å². The van der Waals surface area contributed by atoms with Crippen LogP contribution in [-0.2, 0) is 11.9 Å². The van der Waals surface area contributed by atoms with E-state index in [-0.39, 0.29) is 30.6 Å². The van der Waals surface area contributed by atoms with Crippen LogP contribution in [0.1, 0.15) is 21.5 Å². The largest absolute Gasteiger partial charge is 0.417 e. The Balaban J connectivity index is 1.49. The first kappa shape index (κ1) is 22.5. The minimum absolute atomic E-state index is 0.235. The highest BCUT2D eigenvalue weighted by atomic mass is 32.2. The topological polar surface area (TPSA) is 66.9 Å². The van der Waals surface area contributed by atoms with Crippen molar-refractivity contribution in [1.29, 1.82) is 0 Å². The third-order valence-electron chi connectivity index (χ3n) is 4.11. The van der Waals surface area contributed by atoms with Gasteiger partial charge in [-0.1, -0.05) is 12.1 Å². The van der Waals surface area contributed by atoms with E-state index in [1.165, 1.54) is 30.0 Å². The van der Waals surface area contributed by atoms with Crippen molar-refractivity contribution in [3.63, 3.8) is 0 Å². The zero-order chi connectivity index (χ0) is 22.3. The highest BCUT2D eigenvalue weighted by Crippen LogP contribution is 2.28. The van der Waals surface area contributed by atoms with E-state index in [2.05, 4.69) is 20.6 Å². The first-order valence-corrected chi connectivity index (χ1v) is 10.2. The molecule has 0 saturated heterocycles. The monoisotopic (exact) mass is 450 g/mol. The number of hydrogen-bond acceptors (Lipinski definition) is 5. The number of hydrogen-bond donors (Lipinski definition) is 2. The molecule has 1 amide bonds. The number of halogens is 4. The van der Waals surface area contributed by atoms with Crippen LogP contribution in [-0.4, -0.2) is 29.0 Å². The van der Waals surface area contributed by atoms with Crippen LogP contribution in [0, 0.1) is 5.82 Å². The van der Waals surface area contributed by atoms with Crippen molar-refractivity contribution < 1.29 is 22.4 Å². The van der Waals surface area contributed by atoms with Crippen molar-refractivity contribution in [3.8, 4) is 0 Å². The van der Waals surface area contributed by atoms with Crippen LogP contribution < -0.4 is 10.6 Å². The molecule has 0 bridgehead atoms. The van der Waals surface area contributed by atoms with Gasteiger partial charge in [-0.3, -0.25) is 4.79 Å². The van der Waals surface area contributed by atoms with Crippen molar-refractivity contribution >= 4 is 23.5 Å². The summed E-state index contributed by atoms with van der Waals surface area (Å²) in [5, 5.41) is 6.13. The number of anilines is 1. The number of aromatic nitrogens is 2. The third-order valence-corrected chi connectivity index (χ3v) is 5.19. The molecule has 0 aliphatic heterocycles. The Morgan fingerprint density at radius 1 is 1.00 bits per heavy atom. The van der Waals surface area contributed by atoms with Gasteiger partial charge in [-0.15, -0.1) is 11.8 Å². The average molecular weight is 450 g/mol. The lowest BCUT2D eigenvalue weighted by Gasteiger charge is -2.11. The fourth-order valence-corrected chi connectivity index (χ4v) is 3.49. The lowest BCUT2D eigenvalue weighted by Crippen LogP contribution is -2.29. The minimum Gasteiger partial charge on any atom is -0.368 e. The third kappa shape index (κ3) is 6.68. The SMILES string of the molecule is O=C(NCCNc1ccc(C(F)(F)F)cn1)c1cccnc1SCc1ccc(F)cc1. The number of carbonyl (C=O) groups is 1. The van der Waals surface area contributed by atoms with Crippen molar-refractivity contribution in [2.75, 3.05) is 18.4 Å². The Bertz CT molecular complexity index is 1010. The number of thioether (sulfide) groups is 1. The van der Waals surface area contributed by atoms with Gasteiger partial charge >= 0.3 is 6.18 Å². The predicted molar refractivity (Wildman–Crippen MR) is 110 cm³/mol. The first-order valence-electron chi connectivity index (χ1n) is 9.20. The van der Waals surface area contributed by atoms with Gasteiger partial charge in [-0.2, -0.15) is 13.2 Å². The van der Waals surface area contributed by atoms with Crippen molar-refractivity contribution in [2.24, 2.45) is 0 Å². The van der Waals surface area contributed by atoms with Crippen molar-refractivity contribution in [3.05, 3.63) is 83.4 Å². The number of carbonyl (C=O) groups excluding carboxylic acids is 1. The van der Waals surface area contributed by atoms with E-state index in [1.807, 2.05) is 0 Å². The summed E-state index contributed by atoms with van der Waals surface area (Å²) in [6.45, 7) is 0.515. The van der Waals surface area contributed by atoms with E-state index in [4.69, 9.17) is 0 Å². The molecule has 3 aromatic rings. The molecule has 0 aliphatic rings. The lowest BCUT2D eigenvalue weighted by atomic mass is 10.2. The number of amides is 1. The number of pyridine rings is 2. The molecule has 0 atom stereocenters. The van der Waals surface area contributed by atoms with Crippen molar-refractivity contribution in [2.45, 2.75) is 17.0 Å². The molecular weight excluding hydrogens is 432 g/mol. The van der Waals surface area contributed by atoms with Crippen LogP contribution >= 0.6 is 11.8 Å². The van der Waals surface area contributed by atoms with Gasteiger partial charge in [0.1, 0.15) is 16.7 Å². The summed E-state index contributed by atoms with van der Waals surface area (Å²) in [6, 6.07) is 11.6.